The van der Waals surface area contributed by atoms with Crippen molar-refractivity contribution in [1.29, 1.82) is 0 Å². The molecule has 0 saturated heterocycles. The van der Waals surface area contributed by atoms with Gasteiger partial charge in [0.15, 0.2) is 0 Å². The highest BCUT2D eigenvalue weighted by molar-refractivity contribution is 5.45. The van der Waals surface area contributed by atoms with Gasteiger partial charge in [0.25, 0.3) is 0 Å². The zero-order valence-corrected chi connectivity index (χ0v) is 10.9. The van der Waals surface area contributed by atoms with E-state index in [1.807, 2.05) is 74.6 Å². The van der Waals surface area contributed by atoms with Gasteiger partial charge in [0, 0.05) is 12.7 Å². The molecule has 94 valence electrons. The van der Waals surface area contributed by atoms with Gasteiger partial charge in [0.2, 0.25) is 0 Å². The summed E-state index contributed by atoms with van der Waals surface area (Å²) >= 11 is 0. The van der Waals surface area contributed by atoms with Crippen molar-refractivity contribution in [1.82, 2.24) is 0 Å². The molecule has 0 aliphatic rings. The fraction of sp³-hybridized carbons (Fsp3) is 0.250. The van der Waals surface area contributed by atoms with Crippen molar-refractivity contribution >= 4 is 5.69 Å². The third-order valence-electron chi connectivity index (χ3n) is 3.14. The second-order valence-electron chi connectivity index (χ2n) is 4.83. The molecule has 1 atom stereocenters. The van der Waals surface area contributed by atoms with Crippen LogP contribution in [0, 0.1) is 0 Å². The van der Waals surface area contributed by atoms with Crippen molar-refractivity contribution in [3.8, 4) is 0 Å². The van der Waals surface area contributed by atoms with Crippen molar-refractivity contribution in [2.45, 2.75) is 12.5 Å². The third kappa shape index (κ3) is 2.90. The maximum absolute atomic E-state index is 10.6. The van der Waals surface area contributed by atoms with E-state index in [9.17, 15) is 5.11 Å². The summed E-state index contributed by atoms with van der Waals surface area (Å²) in [5.74, 6) is 0. The molecule has 2 heteroatoms. The second-order valence-corrected chi connectivity index (χ2v) is 4.83. The molecule has 0 amide bonds. The molecule has 2 rings (SSSR count). The first-order valence-corrected chi connectivity index (χ1v) is 6.14. The van der Waals surface area contributed by atoms with E-state index in [0.29, 0.717) is 6.54 Å². The maximum atomic E-state index is 10.6. The molecule has 0 heterocycles. The Hall–Kier alpha value is -1.80. The minimum Gasteiger partial charge on any atom is -0.384 e. The molecule has 0 bridgehead atoms. The van der Waals surface area contributed by atoms with Gasteiger partial charge in [-0.25, -0.2) is 0 Å². The monoisotopic (exact) mass is 241 g/mol. The van der Waals surface area contributed by atoms with Crippen molar-refractivity contribution in [3.63, 3.8) is 0 Å². The van der Waals surface area contributed by atoms with Crippen LogP contribution in [0.4, 0.5) is 5.69 Å². The summed E-state index contributed by atoms with van der Waals surface area (Å²) in [5.41, 5.74) is 1.19. The normalized spacial score (nSPS) is 13.9. The van der Waals surface area contributed by atoms with Crippen LogP contribution in [0.5, 0.6) is 0 Å². The maximum Gasteiger partial charge on any atom is 0.104 e. The van der Waals surface area contributed by atoms with E-state index in [0.717, 1.165) is 11.3 Å². The van der Waals surface area contributed by atoms with Crippen LogP contribution in [0.2, 0.25) is 0 Å². The van der Waals surface area contributed by atoms with Gasteiger partial charge in [-0.05, 0) is 24.6 Å². The van der Waals surface area contributed by atoms with Gasteiger partial charge in [0.05, 0.1) is 6.54 Å². The minimum absolute atomic E-state index is 0.557. The fourth-order valence-electron chi connectivity index (χ4n) is 2.12. The molecule has 0 radical (unpaired) electrons. The molecule has 0 spiro atoms. The van der Waals surface area contributed by atoms with E-state index in [-0.39, 0.29) is 0 Å². The highest BCUT2D eigenvalue weighted by Gasteiger charge is 2.24. The number of likely N-dealkylation sites (N-methyl/N-ethyl adjacent to an activating group) is 1. The topological polar surface area (TPSA) is 23.5 Å². The summed E-state index contributed by atoms with van der Waals surface area (Å²) in [6.07, 6.45) is 0. The van der Waals surface area contributed by atoms with Crippen LogP contribution in [-0.2, 0) is 5.60 Å². The Bertz CT molecular complexity index is 479. The van der Waals surface area contributed by atoms with Gasteiger partial charge in [-0.15, -0.1) is 0 Å². The van der Waals surface area contributed by atoms with Gasteiger partial charge in [0.1, 0.15) is 5.60 Å². The first-order chi connectivity index (χ1) is 8.59. The molecular weight excluding hydrogens is 222 g/mol. The molecule has 0 aromatic heterocycles. The number of anilines is 1. The Balaban J connectivity index is 2.14. The molecule has 18 heavy (non-hydrogen) atoms. The standard InChI is InChI=1S/C16H19NO/c1-16(18,14-9-5-3-6-10-14)13-17(2)15-11-7-4-8-12-15/h3-12,18H,13H2,1-2H3. The predicted molar refractivity (Wildman–Crippen MR) is 75.7 cm³/mol. The van der Waals surface area contributed by atoms with E-state index in [2.05, 4.69) is 4.90 Å². The van der Waals surface area contributed by atoms with Crippen LogP contribution in [-0.4, -0.2) is 18.7 Å². The molecular formula is C16H19NO. The SMILES string of the molecule is CN(CC(C)(O)c1ccccc1)c1ccccc1. The lowest BCUT2D eigenvalue weighted by Crippen LogP contribution is -2.36. The van der Waals surface area contributed by atoms with E-state index in [4.69, 9.17) is 0 Å². The van der Waals surface area contributed by atoms with Gasteiger partial charge in [-0.2, -0.15) is 0 Å². The Kier molecular flexibility index (Phi) is 3.68. The lowest BCUT2D eigenvalue weighted by atomic mass is 9.95. The first kappa shape index (κ1) is 12.7. The molecule has 2 aromatic carbocycles. The summed E-state index contributed by atoms with van der Waals surface area (Å²) in [7, 11) is 1.99. The van der Waals surface area contributed by atoms with Gasteiger partial charge >= 0.3 is 0 Å². The van der Waals surface area contributed by atoms with E-state index in [1.165, 1.54) is 0 Å². The zero-order chi connectivity index (χ0) is 13.0. The number of hydrogen-bond acceptors (Lipinski definition) is 2. The van der Waals surface area contributed by atoms with Gasteiger partial charge < -0.3 is 10.0 Å². The van der Waals surface area contributed by atoms with Crippen LogP contribution in [0.1, 0.15) is 12.5 Å². The van der Waals surface area contributed by atoms with Crippen molar-refractivity contribution < 1.29 is 5.11 Å². The molecule has 2 aromatic rings. The summed E-state index contributed by atoms with van der Waals surface area (Å²) in [5, 5.41) is 10.6. The summed E-state index contributed by atoms with van der Waals surface area (Å²) in [6.45, 7) is 2.41. The van der Waals surface area contributed by atoms with Crippen LogP contribution in [0.3, 0.4) is 0 Å². The van der Waals surface area contributed by atoms with Crippen LogP contribution in [0.25, 0.3) is 0 Å². The highest BCUT2D eigenvalue weighted by Crippen LogP contribution is 2.23. The summed E-state index contributed by atoms with van der Waals surface area (Å²) < 4.78 is 0. The number of nitrogens with zero attached hydrogens (tertiary/aromatic N) is 1. The Morgan fingerprint density at radius 3 is 2.00 bits per heavy atom. The van der Waals surface area contributed by atoms with Crippen molar-refractivity contribution in [3.05, 3.63) is 66.2 Å². The van der Waals surface area contributed by atoms with Crippen LogP contribution < -0.4 is 4.90 Å². The number of para-hydroxylation sites is 1. The average Bonchev–Trinajstić information content (AvgIpc) is 2.40. The average molecular weight is 241 g/mol. The molecule has 2 nitrogen and oxygen atoms in total. The lowest BCUT2D eigenvalue weighted by molar-refractivity contribution is 0.0656. The number of rotatable bonds is 4. The number of benzene rings is 2. The van der Waals surface area contributed by atoms with Gasteiger partial charge in [-0.3, -0.25) is 0 Å². The second kappa shape index (κ2) is 5.23. The Labute approximate surface area is 109 Å². The van der Waals surface area contributed by atoms with E-state index in [1.54, 1.807) is 0 Å². The summed E-state index contributed by atoms with van der Waals surface area (Å²) in [6, 6.07) is 19.9. The summed E-state index contributed by atoms with van der Waals surface area (Å²) in [4.78, 5) is 2.06. The van der Waals surface area contributed by atoms with Gasteiger partial charge in [-0.1, -0.05) is 48.5 Å². The first-order valence-electron chi connectivity index (χ1n) is 6.14. The molecule has 1 N–H and O–H groups in total. The lowest BCUT2D eigenvalue weighted by Gasteiger charge is -2.30. The molecule has 0 saturated carbocycles. The quantitative estimate of drug-likeness (QED) is 0.889. The molecule has 1 unspecified atom stereocenters. The van der Waals surface area contributed by atoms with E-state index >= 15 is 0 Å². The Morgan fingerprint density at radius 1 is 0.944 bits per heavy atom. The minimum atomic E-state index is -0.855. The predicted octanol–water partition coefficient (Wildman–Crippen LogP) is 3.03. The van der Waals surface area contributed by atoms with Crippen molar-refractivity contribution in [2.75, 3.05) is 18.5 Å². The molecule has 0 aliphatic heterocycles. The number of aliphatic hydroxyl groups is 1. The third-order valence-corrected chi connectivity index (χ3v) is 3.14. The van der Waals surface area contributed by atoms with Crippen molar-refractivity contribution in [2.24, 2.45) is 0 Å². The smallest absolute Gasteiger partial charge is 0.104 e. The zero-order valence-electron chi connectivity index (χ0n) is 10.9. The number of hydrogen-bond donors (Lipinski definition) is 1. The fourth-order valence-corrected chi connectivity index (χ4v) is 2.12. The van der Waals surface area contributed by atoms with Crippen LogP contribution >= 0.6 is 0 Å². The van der Waals surface area contributed by atoms with Crippen LogP contribution in [0.15, 0.2) is 60.7 Å². The highest BCUT2D eigenvalue weighted by atomic mass is 16.3. The Morgan fingerprint density at radius 2 is 1.44 bits per heavy atom. The van der Waals surface area contributed by atoms with E-state index < -0.39 is 5.60 Å². The molecule has 0 aliphatic carbocycles. The molecule has 0 fully saturated rings. The largest absolute Gasteiger partial charge is 0.384 e.